The van der Waals surface area contributed by atoms with Crippen LogP contribution in [0.4, 0.5) is 5.69 Å². The zero-order valence-corrected chi connectivity index (χ0v) is 14.7. The Bertz CT molecular complexity index is 798. The Hall–Kier alpha value is -3.22. The van der Waals surface area contributed by atoms with Crippen molar-refractivity contribution in [2.24, 2.45) is 0 Å². The first kappa shape index (κ1) is 19.1. The molecule has 0 heterocycles. The van der Waals surface area contributed by atoms with Crippen molar-refractivity contribution >= 4 is 17.6 Å². The van der Waals surface area contributed by atoms with Gasteiger partial charge in [0.15, 0.2) is 23.9 Å². The van der Waals surface area contributed by atoms with Crippen LogP contribution in [0.15, 0.2) is 36.4 Å². The fourth-order valence-electron chi connectivity index (χ4n) is 2.19. The molecular formula is C19H21NO6. The molecule has 0 radical (unpaired) electrons. The van der Waals surface area contributed by atoms with E-state index in [4.69, 9.17) is 4.74 Å². The average Bonchev–Trinajstić information content (AvgIpc) is 2.56. The average molecular weight is 359 g/mol. The van der Waals surface area contributed by atoms with Crippen molar-refractivity contribution in [3.63, 3.8) is 0 Å². The Morgan fingerprint density at radius 2 is 1.54 bits per heavy atom. The lowest BCUT2D eigenvalue weighted by Gasteiger charge is -2.19. The number of phenols is 3. The van der Waals surface area contributed by atoms with E-state index in [0.717, 1.165) is 17.7 Å². The lowest BCUT2D eigenvalue weighted by molar-refractivity contribution is -0.119. The van der Waals surface area contributed by atoms with Gasteiger partial charge in [-0.15, -0.1) is 0 Å². The highest BCUT2D eigenvalue weighted by atomic mass is 16.5. The minimum Gasteiger partial charge on any atom is -0.504 e. The first-order valence-corrected chi connectivity index (χ1v) is 7.90. The van der Waals surface area contributed by atoms with E-state index < -0.39 is 35.7 Å². The summed E-state index contributed by atoms with van der Waals surface area (Å²) in [5, 5.41) is 30.6. The Morgan fingerprint density at radius 1 is 1.00 bits per heavy atom. The fourth-order valence-corrected chi connectivity index (χ4v) is 2.19. The van der Waals surface area contributed by atoms with Crippen molar-refractivity contribution in [1.82, 2.24) is 0 Å². The van der Waals surface area contributed by atoms with E-state index in [9.17, 15) is 24.9 Å². The highest BCUT2D eigenvalue weighted by molar-refractivity contribution is 5.96. The Labute approximate surface area is 150 Å². The van der Waals surface area contributed by atoms with E-state index in [0.29, 0.717) is 5.69 Å². The van der Waals surface area contributed by atoms with Gasteiger partial charge in [-0.2, -0.15) is 0 Å². The summed E-state index contributed by atoms with van der Waals surface area (Å²) in [5.41, 5.74) is 1.49. The van der Waals surface area contributed by atoms with Crippen molar-refractivity contribution in [1.29, 1.82) is 0 Å². The van der Waals surface area contributed by atoms with E-state index in [1.54, 1.807) is 12.1 Å². The van der Waals surface area contributed by atoms with Crippen LogP contribution in [0.5, 0.6) is 17.2 Å². The molecule has 0 aliphatic heterocycles. The van der Waals surface area contributed by atoms with Crippen LogP contribution in [0.2, 0.25) is 0 Å². The zero-order chi connectivity index (χ0) is 19.5. The van der Waals surface area contributed by atoms with Gasteiger partial charge in [-0.1, -0.05) is 32.9 Å². The van der Waals surface area contributed by atoms with Crippen LogP contribution in [0.1, 0.15) is 36.7 Å². The molecule has 7 nitrogen and oxygen atoms in total. The maximum absolute atomic E-state index is 11.9. The third-order valence-corrected chi connectivity index (χ3v) is 3.67. The number of carbonyl (C=O) groups excluding carboxylic acids is 2. The maximum atomic E-state index is 11.9. The highest BCUT2D eigenvalue weighted by Crippen LogP contribution is 2.35. The number of anilines is 1. The molecule has 26 heavy (non-hydrogen) atoms. The molecular weight excluding hydrogens is 338 g/mol. The van der Waals surface area contributed by atoms with Gasteiger partial charge >= 0.3 is 5.97 Å². The number of benzene rings is 2. The number of amides is 1. The summed E-state index contributed by atoms with van der Waals surface area (Å²) >= 11 is 0. The molecule has 0 unspecified atom stereocenters. The molecule has 2 aromatic carbocycles. The molecule has 0 aromatic heterocycles. The molecule has 2 rings (SSSR count). The van der Waals surface area contributed by atoms with Gasteiger partial charge in [0, 0.05) is 5.69 Å². The number of hydrogen-bond acceptors (Lipinski definition) is 6. The van der Waals surface area contributed by atoms with E-state index in [2.05, 4.69) is 26.1 Å². The van der Waals surface area contributed by atoms with Crippen LogP contribution in [-0.2, 0) is 14.9 Å². The molecule has 1 amide bonds. The quantitative estimate of drug-likeness (QED) is 0.493. The molecule has 7 heteroatoms. The highest BCUT2D eigenvalue weighted by Gasteiger charge is 2.16. The van der Waals surface area contributed by atoms with Crippen LogP contribution < -0.4 is 5.32 Å². The summed E-state index contributed by atoms with van der Waals surface area (Å²) in [6.07, 6.45) is 0. The van der Waals surface area contributed by atoms with E-state index in [1.807, 2.05) is 12.1 Å². The molecule has 0 aliphatic rings. The number of carbonyl (C=O) groups is 2. The van der Waals surface area contributed by atoms with Crippen molar-refractivity contribution in [3.8, 4) is 17.2 Å². The van der Waals surface area contributed by atoms with Crippen LogP contribution in [0.3, 0.4) is 0 Å². The second kappa shape index (κ2) is 7.35. The Balaban J connectivity index is 1.93. The van der Waals surface area contributed by atoms with Crippen molar-refractivity contribution in [2.45, 2.75) is 26.2 Å². The summed E-state index contributed by atoms with van der Waals surface area (Å²) in [5.74, 6) is -3.53. The standard InChI is InChI=1S/C19H21NO6/c1-19(2,3)12-4-6-13(7-5-12)20-16(23)10-26-18(25)11-8-14(21)17(24)15(22)9-11/h4-9,21-22,24H,10H2,1-3H3,(H,20,23). The number of nitrogens with one attached hydrogen (secondary N) is 1. The van der Waals surface area contributed by atoms with E-state index in [1.165, 1.54) is 0 Å². The van der Waals surface area contributed by atoms with Crippen LogP contribution in [-0.4, -0.2) is 33.8 Å². The summed E-state index contributed by atoms with van der Waals surface area (Å²) in [4.78, 5) is 23.8. The summed E-state index contributed by atoms with van der Waals surface area (Å²) in [6, 6.07) is 9.20. The topological polar surface area (TPSA) is 116 Å². The minimum atomic E-state index is -0.922. The summed E-state index contributed by atoms with van der Waals surface area (Å²) in [7, 11) is 0. The summed E-state index contributed by atoms with van der Waals surface area (Å²) in [6.45, 7) is 5.71. The largest absolute Gasteiger partial charge is 0.504 e. The first-order chi connectivity index (χ1) is 12.1. The van der Waals surface area contributed by atoms with Crippen LogP contribution in [0, 0.1) is 0 Å². The van der Waals surface area contributed by atoms with Gasteiger partial charge in [0.25, 0.3) is 5.91 Å². The minimum absolute atomic E-state index is 0.000688. The Kier molecular flexibility index (Phi) is 5.40. The summed E-state index contributed by atoms with van der Waals surface area (Å²) < 4.78 is 4.84. The zero-order valence-electron chi connectivity index (χ0n) is 14.7. The number of aromatic hydroxyl groups is 3. The fraction of sp³-hybridized carbons (Fsp3) is 0.263. The molecule has 138 valence electrons. The van der Waals surface area contributed by atoms with Crippen LogP contribution >= 0.6 is 0 Å². The lowest BCUT2D eigenvalue weighted by atomic mass is 9.87. The molecule has 0 saturated heterocycles. The number of phenolic OH excluding ortho intramolecular Hbond substituents is 3. The van der Waals surface area contributed by atoms with Gasteiger partial charge in [-0.25, -0.2) is 4.79 Å². The normalized spacial score (nSPS) is 11.0. The van der Waals surface area contributed by atoms with Crippen molar-refractivity contribution in [3.05, 3.63) is 47.5 Å². The number of ether oxygens (including phenoxy) is 1. The monoisotopic (exact) mass is 359 g/mol. The second-order valence-corrected chi connectivity index (χ2v) is 6.81. The molecule has 0 spiro atoms. The SMILES string of the molecule is CC(C)(C)c1ccc(NC(=O)COC(=O)c2cc(O)c(O)c(O)c2)cc1. The molecule has 0 aliphatic carbocycles. The van der Waals surface area contributed by atoms with Gasteiger partial charge in [-0.05, 0) is 35.2 Å². The lowest BCUT2D eigenvalue weighted by Crippen LogP contribution is -2.21. The number of esters is 1. The molecule has 4 N–H and O–H groups in total. The molecule has 0 saturated carbocycles. The van der Waals surface area contributed by atoms with Gasteiger partial charge in [0.2, 0.25) is 0 Å². The van der Waals surface area contributed by atoms with Gasteiger partial charge < -0.3 is 25.4 Å². The third kappa shape index (κ3) is 4.66. The van der Waals surface area contributed by atoms with E-state index >= 15 is 0 Å². The predicted octanol–water partition coefficient (Wildman–Crippen LogP) is 2.90. The van der Waals surface area contributed by atoms with Gasteiger partial charge in [0.1, 0.15) is 0 Å². The number of rotatable bonds is 4. The van der Waals surface area contributed by atoms with E-state index in [-0.39, 0.29) is 11.0 Å². The van der Waals surface area contributed by atoms with Crippen molar-refractivity contribution < 1.29 is 29.6 Å². The smallest absolute Gasteiger partial charge is 0.338 e. The number of hydrogen-bond donors (Lipinski definition) is 4. The maximum Gasteiger partial charge on any atom is 0.338 e. The van der Waals surface area contributed by atoms with Crippen molar-refractivity contribution in [2.75, 3.05) is 11.9 Å². The van der Waals surface area contributed by atoms with Crippen LogP contribution in [0.25, 0.3) is 0 Å². The second-order valence-electron chi connectivity index (χ2n) is 6.81. The van der Waals surface area contributed by atoms with Gasteiger partial charge in [0.05, 0.1) is 5.56 Å². The Morgan fingerprint density at radius 3 is 2.04 bits per heavy atom. The molecule has 0 fully saturated rings. The molecule has 0 bridgehead atoms. The third-order valence-electron chi connectivity index (χ3n) is 3.67. The first-order valence-electron chi connectivity index (χ1n) is 7.90. The van der Waals surface area contributed by atoms with Gasteiger partial charge in [-0.3, -0.25) is 4.79 Å². The molecule has 0 atom stereocenters. The molecule has 2 aromatic rings. The predicted molar refractivity (Wildman–Crippen MR) is 95.5 cm³/mol.